The summed E-state index contributed by atoms with van der Waals surface area (Å²) in [7, 11) is 0. The zero-order chi connectivity index (χ0) is 20.5. The van der Waals surface area contributed by atoms with Crippen LogP contribution >= 0.6 is 0 Å². The molecule has 0 aliphatic heterocycles. The summed E-state index contributed by atoms with van der Waals surface area (Å²) in [5, 5.41) is 9.55. The lowest BCUT2D eigenvalue weighted by Crippen LogP contribution is -2.37. The van der Waals surface area contributed by atoms with E-state index < -0.39 is 18.2 Å². The minimum atomic E-state index is -1.25. The maximum Gasteiger partial charge on any atom is 0.411 e. The Morgan fingerprint density at radius 1 is 0.724 bits per heavy atom. The van der Waals surface area contributed by atoms with Gasteiger partial charge in [0, 0.05) is 19.5 Å². The number of ether oxygens (including phenoxy) is 1. The summed E-state index contributed by atoms with van der Waals surface area (Å²) in [6, 6.07) is 28.2. The smallest absolute Gasteiger partial charge is 0.411 e. The van der Waals surface area contributed by atoms with Crippen LogP contribution in [-0.4, -0.2) is 28.2 Å². The highest BCUT2D eigenvalue weighted by molar-refractivity contribution is 5.77. The molecule has 0 aliphatic rings. The van der Waals surface area contributed by atoms with Gasteiger partial charge in [-0.05, 0) is 16.7 Å². The molecule has 0 fully saturated rings. The van der Waals surface area contributed by atoms with E-state index in [4.69, 9.17) is 4.74 Å². The SMILES string of the molecule is O=C(O)[C@H](Cc1ccccc1)OC(=O)N(Cc1ccccc1)Cc1ccccc1. The molecule has 0 bridgehead atoms. The van der Waals surface area contributed by atoms with E-state index in [0.29, 0.717) is 13.1 Å². The van der Waals surface area contributed by atoms with E-state index in [0.717, 1.165) is 16.7 Å². The van der Waals surface area contributed by atoms with Crippen molar-refractivity contribution in [1.29, 1.82) is 0 Å². The average Bonchev–Trinajstić information content (AvgIpc) is 2.75. The van der Waals surface area contributed by atoms with Crippen molar-refractivity contribution in [3.63, 3.8) is 0 Å². The Kier molecular flexibility index (Phi) is 7.00. The molecular formula is C24H23NO4. The Balaban J connectivity index is 1.75. The molecule has 5 nitrogen and oxygen atoms in total. The Morgan fingerprint density at radius 2 is 1.14 bits per heavy atom. The van der Waals surface area contributed by atoms with Crippen LogP contribution in [0.5, 0.6) is 0 Å². The van der Waals surface area contributed by atoms with Gasteiger partial charge < -0.3 is 9.84 Å². The van der Waals surface area contributed by atoms with E-state index in [1.165, 1.54) is 4.90 Å². The number of aliphatic carboxylic acids is 1. The molecule has 1 N–H and O–H groups in total. The Morgan fingerprint density at radius 3 is 1.55 bits per heavy atom. The lowest BCUT2D eigenvalue weighted by Gasteiger charge is -2.24. The number of nitrogens with zero attached hydrogens (tertiary/aromatic N) is 1. The van der Waals surface area contributed by atoms with Crippen molar-refractivity contribution in [2.45, 2.75) is 25.6 Å². The van der Waals surface area contributed by atoms with Crippen molar-refractivity contribution < 1.29 is 19.4 Å². The van der Waals surface area contributed by atoms with E-state index in [2.05, 4.69) is 0 Å². The second-order valence-electron chi connectivity index (χ2n) is 6.73. The lowest BCUT2D eigenvalue weighted by molar-refractivity contribution is -0.147. The molecule has 0 saturated carbocycles. The van der Waals surface area contributed by atoms with Crippen LogP contribution in [0, 0.1) is 0 Å². The maximum absolute atomic E-state index is 12.9. The van der Waals surface area contributed by atoms with Gasteiger partial charge in [-0.15, -0.1) is 0 Å². The van der Waals surface area contributed by atoms with Crippen molar-refractivity contribution in [3.05, 3.63) is 108 Å². The first-order chi connectivity index (χ1) is 14.1. The quantitative estimate of drug-likeness (QED) is 0.615. The molecule has 3 aromatic carbocycles. The second kappa shape index (κ2) is 10.1. The summed E-state index contributed by atoms with van der Waals surface area (Å²) in [6.07, 6.45) is -1.79. The first-order valence-corrected chi connectivity index (χ1v) is 9.42. The molecule has 3 rings (SSSR count). The topological polar surface area (TPSA) is 66.8 Å². The van der Waals surface area contributed by atoms with Gasteiger partial charge in [0.25, 0.3) is 0 Å². The molecule has 0 aliphatic carbocycles. The monoisotopic (exact) mass is 389 g/mol. The van der Waals surface area contributed by atoms with Crippen molar-refractivity contribution in [2.24, 2.45) is 0 Å². The third-order valence-corrected chi connectivity index (χ3v) is 4.47. The Bertz CT molecular complexity index is 872. The van der Waals surface area contributed by atoms with Crippen molar-refractivity contribution in [3.8, 4) is 0 Å². The molecule has 3 aromatic rings. The van der Waals surface area contributed by atoms with Crippen LogP contribution in [0.2, 0.25) is 0 Å². The average molecular weight is 389 g/mol. The lowest BCUT2D eigenvalue weighted by atomic mass is 10.1. The molecule has 0 spiro atoms. The van der Waals surface area contributed by atoms with Crippen LogP contribution in [0.25, 0.3) is 0 Å². The summed E-state index contributed by atoms with van der Waals surface area (Å²) in [4.78, 5) is 26.1. The molecule has 29 heavy (non-hydrogen) atoms. The van der Waals surface area contributed by atoms with Crippen molar-refractivity contribution in [2.75, 3.05) is 0 Å². The van der Waals surface area contributed by atoms with Gasteiger partial charge in [-0.2, -0.15) is 0 Å². The summed E-state index contributed by atoms with van der Waals surface area (Å²) in [5.74, 6) is -1.17. The van der Waals surface area contributed by atoms with Crippen molar-refractivity contribution in [1.82, 2.24) is 4.90 Å². The molecule has 1 amide bonds. The maximum atomic E-state index is 12.9. The summed E-state index contributed by atoms with van der Waals surface area (Å²) < 4.78 is 5.41. The molecule has 0 radical (unpaired) electrons. The molecule has 1 atom stereocenters. The predicted octanol–water partition coefficient (Wildman–Crippen LogP) is 4.52. The fourth-order valence-electron chi connectivity index (χ4n) is 3.00. The van der Waals surface area contributed by atoms with Crippen LogP contribution < -0.4 is 0 Å². The number of carbonyl (C=O) groups is 2. The van der Waals surface area contributed by atoms with Crippen molar-refractivity contribution >= 4 is 12.1 Å². The number of carbonyl (C=O) groups excluding carboxylic acids is 1. The molecule has 5 heteroatoms. The fourth-order valence-corrected chi connectivity index (χ4v) is 3.00. The number of amides is 1. The van der Waals surface area contributed by atoms with Gasteiger partial charge >= 0.3 is 12.1 Å². The minimum Gasteiger partial charge on any atom is -0.478 e. The molecule has 0 unspecified atom stereocenters. The number of benzene rings is 3. The third-order valence-electron chi connectivity index (χ3n) is 4.47. The number of carboxylic acid groups (broad SMARTS) is 1. The normalized spacial score (nSPS) is 11.4. The number of rotatable bonds is 8. The molecule has 148 valence electrons. The van der Waals surface area contributed by atoms with Gasteiger partial charge in [-0.25, -0.2) is 9.59 Å². The summed E-state index contributed by atoms with van der Waals surface area (Å²) in [6.45, 7) is 0.651. The van der Waals surface area contributed by atoms with Gasteiger partial charge in [0.15, 0.2) is 0 Å². The largest absolute Gasteiger partial charge is 0.478 e. The van der Waals surface area contributed by atoms with Crippen LogP contribution in [0.4, 0.5) is 4.79 Å². The minimum absolute atomic E-state index is 0.117. The number of carboxylic acids is 1. The van der Waals surface area contributed by atoms with Crippen LogP contribution in [0.3, 0.4) is 0 Å². The van der Waals surface area contributed by atoms with E-state index in [9.17, 15) is 14.7 Å². The zero-order valence-electron chi connectivity index (χ0n) is 16.0. The van der Waals surface area contributed by atoms with Crippen LogP contribution in [0.1, 0.15) is 16.7 Å². The summed E-state index contributed by atoms with van der Waals surface area (Å²) in [5.41, 5.74) is 2.68. The Hall–Kier alpha value is -3.60. The first-order valence-electron chi connectivity index (χ1n) is 9.42. The second-order valence-corrected chi connectivity index (χ2v) is 6.73. The third kappa shape index (κ3) is 6.21. The Labute approximate surface area is 170 Å². The van der Waals surface area contributed by atoms with Gasteiger partial charge in [0.05, 0.1) is 0 Å². The highest BCUT2D eigenvalue weighted by Crippen LogP contribution is 2.14. The zero-order valence-corrected chi connectivity index (χ0v) is 16.0. The van der Waals surface area contributed by atoms with Gasteiger partial charge in [-0.1, -0.05) is 91.0 Å². The summed E-state index contributed by atoms with van der Waals surface area (Å²) >= 11 is 0. The van der Waals surface area contributed by atoms with E-state index in [-0.39, 0.29) is 6.42 Å². The molecular weight excluding hydrogens is 366 g/mol. The fraction of sp³-hybridized carbons (Fsp3) is 0.167. The van der Waals surface area contributed by atoms with E-state index in [1.807, 2.05) is 91.0 Å². The molecule has 0 saturated heterocycles. The number of hydrogen-bond donors (Lipinski definition) is 1. The molecule has 0 heterocycles. The van der Waals surface area contributed by atoms with E-state index in [1.54, 1.807) is 0 Å². The standard InChI is InChI=1S/C24H23NO4/c26-23(27)22(16-19-10-4-1-5-11-19)29-24(28)25(17-20-12-6-2-7-13-20)18-21-14-8-3-9-15-21/h1-15,22H,16-18H2,(H,26,27)/t22-/m0/s1. The highest BCUT2D eigenvalue weighted by atomic mass is 16.6. The molecule has 0 aromatic heterocycles. The first kappa shape index (κ1) is 20.1. The van der Waals surface area contributed by atoms with Gasteiger partial charge in [0.1, 0.15) is 0 Å². The number of hydrogen-bond acceptors (Lipinski definition) is 3. The van der Waals surface area contributed by atoms with E-state index >= 15 is 0 Å². The van der Waals surface area contributed by atoms with Crippen LogP contribution in [-0.2, 0) is 29.0 Å². The highest BCUT2D eigenvalue weighted by Gasteiger charge is 2.26. The van der Waals surface area contributed by atoms with Crippen LogP contribution in [0.15, 0.2) is 91.0 Å². The van der Waals surface area contributed by atoms with Gasteiger partial charge in [0.2, 0.25) is 6.10 Å². The predicted molar refractivity (Wildman–Crippen MR) is 110 cm³/mol. The van der Waals surface area contributed by atoms with Gasteiger partial charge in [-0.3, -0.25) is 4.90 Å².